The van der Waals surface area contributed by atoms with E-state index in [1.807, 2.05) is 18.2 Å². The van der Waals surface area contributed by atoms with E-state index in [0.717, 1.165) is 24.1 Å². The van der Waals surface area contributed by atoms with Gasteiger partial charge in [-0.3, -0.25) is 9.59 Å². The lowest BCUT2D eigenvalue weighted by molar-refractivity contribution is -0.143. The second-order valence-electron chi connectivity index (χ2n) is 15.8. The van der Waals surface area contributed by atoms with Crippen molar-refractivity contribution in [3.63, 3.8) is 0 Å². The fourth-order valence-electron chi connectivity index (χ4n) is 9.03. The van der Waals surface area contributed by atoms with Crippen LogP contribution in [0.15, 0.2) is 54.6 Å². The van der Waals surface area contributed by atoms with Gasteiger partial charge in [0.15, 0.2) is 0 Å². The second kappa shape index (κ2) is 14.5. The molecule has 4 N–H and O–H groups in total. The molecule has 1 amide bonds. The van der Waals surface area contributed by atoms with Gasteiger partial charge in [0.25, 0.3) is 0 Å². The van der Waals surface area contributed by atoms with Crippen molar-refractivity contribution in [3.8, 4) is 5.75 Å². The zero-order valence-electron chi connectivity index (χ0n) is 30.0. The SMILES string of the molecule is COc1cc(C(=O)O)ccc1NC(=O)[C@@H]1N[C@@H](CC(C)(C)C)[C@@]2(CN([C@H](C)[C@H]3CC[C@H](C(=O)O)CC3)c3cc(Cl)ccc32)[C@H]1c1cccc(Cl)c1F. The van der Waals surface area contributed by atoms with E-state index < -0.39 is 41.0 Å². The summed E-state index contributed by atoms with van der Waals surface area (Å²) in [7, 11) is 1.40. The van der Waals surface area contributed by atoms with Gasteiger partial charge in [0.05, 0.1) is 35.3 Å². The highest BCUT2D eigenvalue weighted by Gasteiger charge is 2.63. The number of halogens is 3. The van der Waals surface area contributed by atoms with Crippen molar-refractivity contribution in [2.24, 2.45) is 17.3 Å². The lowest BCUT2D eigenvalue weighted by Crippen LogP contribution is -2.50. The molecule has 2 fully saturated rings. The number of aromatic carboxylic acids is 1. The van der Waals surface area contributed by atoms with Crippen LogP contribution < -0.4 is 20.3 Å². The lowest BCUT2D eigenvalue weighted by Gasteiger charge is -2.42. The van der Waals surface area contributed by atoms with E-state index in [1.165, 1.54) is 31.4 Å². The second-order valence-corrected chi connectivity index (χ2v) is 16.7. The van der Waals surface area contributed by atoms with Crippen molar-refractivity contribution in [2.75, 3.05) is 23.9 Å². The first-order valence-electron chi connectivity index (χ1n) is 17.8. The molecule has 3 aliphatic rings. The molecule has 1 saturated heterocycles. The van der Waals surface area contributed by atoms with Crippen LogP contribution in [-0.2, 0) is 15.0 Å². The highest BCUT2D eigenvalue weighted by Crippen LogP contribution is 2.59. The predicted molar refractivity (Wildman–Crippen MR) is 201 cm³/mol. The Balaban J connectivity index is 1.50. The van der Waals surface area contributed by atoms with Crippen molar-refractivity contribution >= 4 is 52.4 Å². The number of nitrogens with zero attached hydrogens (tertiary/aromatic N) is 1. The van der Waals surface area contributed by atoms with E-state index >= 15 is 4.39 Å². The average molecular weight is 755 g/mol. The lowest BCUT2D eigenvalue weighted by atomic mass is 9.63. The number of carboxylic acid groups (broad SMARTS) is 2. The number of aliphatic carboxylic acids is 1. The number of amides is 1. The summed E-state index contributed by atoms with van der Waals surface area (Å²) in [4.78, 5) is 40.4. The summed E-state index contributed by atoms with van der Waals surface area (Å²) < 4.78 is 22.0. The van der Waals surface area contributed by atoms with Gasteiger partial charge in [0.2, 0.25) is 5.91 Å². The first-order valence-corrected chi connectivity index (χ1v) is 18.5. The summed E-state index contributed by atoms with van der Waals surface area (Å²) in [6.45, 7) is 9.03. The van der Waals surface area contributed by atoms with Gasteiger partial charge < -0.3 is 30.5 Å². The number of nitrogens with one attached hydrogen (secondary N) is 2. The number of carboxylic acids is 2. The average Bonchev–Trinajstić information content (AvgIpc) is 3.59. The summed E-state index contributed by atoms with van der Waals surface area (Å²) in [6, 6.07) is 13.7. The Kier molecular flexibility index (Phi) is 10.6. The largest absolute Gasteiger partial charge is 0.495 e. The van der Waals surface area contributed by atoms with Crippen LogP contribution in [0.5, 0.6) is 5.75 Å². The monoisotopic (exact) mass is 753 g/mol. The molecule has 3 aromatic rings. The number of hydrogen-bond acceptors (Lipinski definition) is 6. The first kappa shape index (κ1) is 37.9. The van der Waals surface area contributed by atoms with E-state index in [4.69, 9.17) is 27.9 Å². The van der Waals surface area contributed by atoms with Gasteiger partial charge in [0.1, 0.15) is 11.6 Å². The van der Waals surface area contributed by atoms with E-state index in [0.29, 0.717) is 36.4 Å². The van der Waals surface area contributed by atoms with E-state index in [-0.39, 0.29) is 51.4 Å². The number of carbonyl (C=O) groups excluding carboxylic acids is 1. The van der Waals surface area contributed by atoms with E-state index in [9.17, 15) is 24.6 Å². The number of ether oxygens (including phenoxy) is 1. The minimum Gasteiger partial charge on any atom is -0.495 e. The molecular formula is C40H46Cl2FN3O6. The van der Waals surface area contributed by atoms with Crippen LogP contribution in [0.1, 0.15) is 87.2 Å². The summed E-state index contributed by atoms with van der Waals surface area (Å²) >= 11 is 13.2. The van der Waals surface area contributed by atoms with Crippen molar-refractivity contribution in [2.45, 2.75) is 89.3 Å². The number of anilines is 2. The Morgan fingerprint density at radius 1 is 1.06 bits per heavy atom. The molecule has 278 valence electrons. The number of rotatable bonds is 9. The maximum Gasteiger partial charge on any atom is 0.335 e. The van der Waals surface area contributed by atoms with Crippen molar-refractivity contribution in [1.29, 1.82) is 0 Å². The van der Waals surface area contributed by atoms with Crippen LogP contribution in [0, 0.1) is 23.1 Å². The van der Waals surface area contributed by atoms with E-state index in [1.54, 1.807) is 12.1 Å². The highest BCUT2D eigenvalue weighted by molar-refractivity contribution is 6.31. The van der Waals surface area contributed by atoms with Crippen LogP contribution in [0.25, 0.3) is 0 Å². The third kappa shape index (κ3) is 6.97. The predicted octanol–water partition coefficient (Wildman–Crippen LogP) is 8.38. The molecule has 1 saturated carbocycles. The van der Waals surface area contributed by atoms with Crippen LogP contribution >= 0.6 is 23.2 Å². The molecule has 0 aromatic heterocycles. The van der Waals surface area contributed by atoms with Gasteiger partial charge in [0, 0.05) is 40.7 Å². The maximum atomic E-state index is 16.5. The molecule has 2 heterocycles. The standard InChI is InChI=1S/C40H46Cl2FN3O6/c1-21(22-9-11-23(12-10-22)37(48)49)46-20-40(27-15-14-25(41)18-30(27)46)32(19-39(2,3)4)45-35(33(40)26-7-6-8-28(42)34(26)43)36(47)44-29-16-13-24(38(50)51)17-31(29)52-5/h6-8,13-18,21-23,32-33,35,45H,9-12,19-20H2,1-5H3,(H,44,47)(H,48,49)(H,50,51)/t21-,22-,23-,32+,33+,35-,40+/m1/s1. The minimum atomic E-state index is -1.13. The zero-order valence-corrected chi connectivity index (χ0v) is 31.5. The van der Waals surface area contributed by atoms with Gasteiger partial charge in [-0.2, -0.15) is 0 Å². The Labute approximate surface area is 313 Å². The molecular weight excluding hydrogens is 708 g/mol. The molecule has 9 nitrogen and oxygen atoms in total. The van der Waals surface area contributed by atoms with Gasteiger partial charge >= 0.3 is 11.9 Å². The van der Waals surface area contributed by atoms with Gasteiger partial charge in [-0.05, 0) is 97.9 Å². The maximum absolute atomic E-state index is 16.5. The molecule has 52 heavy (non-hydrogen) atoms. The summed E-state index contributed by atoms with van der Waals surface area (Å²) in [5.41, 5.74) is 1.41. The topological polar surface area (TPSA) is 128 Å². The number of hydrogen-bond donors (Lipinski definition) is 4. The number of carbonyl (C=O) groups is 3. The van der Waals surface area contributed by atoms with Crippen LogP contribution in [-0.4, -0.2) is 59.8 Å². The molecule has 0 unspecified atom stereocenters. The highest BCUT2D eigenvalue weighted by atomic mass is 35.5. The zero-order chi connectivity index (χ0) is 37.7. The fraction of sp³-hybridized carbons (Fsp3) is 0.475. The van der Waals surface area contributed by atoms with Crippen LogP contribution in [0.2, 0.25) is 10.0 Å². The molecule has 0 radical (unpaired) electrons. The molecule has 12 heteroatoms. The molecule has 2 aliphatic heterocycles. The fourth-order valence-corrected chi connectivity index (χ4v) is 9.38. The molecule has 1 spiro atoms. The summed E-state index contributed by atoms with van der Waals surface area (Å²) in [5.74, 6) is -3.62. The molecule has 0 bridgehead atoms. The molecule has 6 rings (SSSR count). The number of methoxy groups -OCH3 is 1. The first-order chi connectivity index (χ1) is 24.5. The number of benzene rings is 3. The third-order valence-electron chi connectivity index (χ3n) is 11.5. The normalized spacial score (nSPS) is 26.2. The quantitative estimate of drug-likeness (QED) is 0.172. The Hall–Kier alpha value is -3.86. The van der Waals surface area contributed by atoms with Gasteiger partial charge in [-0.15, -0.1) is 0 Å². The molecule has 5 atom stereocenters. The third-order valence-corrected chi connectivity index (χ3v) is 12.0. The van der Waals surface area contributed by atoms with Crippen LogP contribution in [0.4, 0.5) is 15.8 Å². The Morgan fingerprint density at radius 3 is 2.40 bits per heavy atom. The van der Waals surface area contributed by atoms with E-state index in [2.05, 4.69) is 43.2 Å². The number of fused-ring (bicyclic) bond motifs is 2. The Bertz CT molecular complexity index is 1880. The van der Waals surface area contributed by atoms with Crippen molar-refractivity contribution in [1.82, 2.24) is 5.32 Å². The summed E-state index contributed by atoms with van der Waals surface area (Å²) in [5, 5.41) is 26.4. The molecule has 3 aromatic carbocycles. The van der Waals surface area contributed by atoms with Gasteiger partial charge in [-0.1, -0.05) is 62.2 Å². The Morgan fingerprint density at radius 2 is 1.77 bits per heavy atom. The smallest absolute Gasteiger partial charge is 0.335 e. The van der Waals surface area contributed by atoms with Crippen LogP contribution in [0.3, 0.4) is 0 Å². The van der Waals surface area contributed by atoms with Crippen molar-refractivity contribution < 1.29 is 33.7 Å². The molecule has 1 aliphatic carbocycles. The minimum absolute atomic E-state index is 0.00336. The van der Waals surface area contributed by atoms with Gasteiger partial charge in [-0.25, -0.2) is 9.18 Å². The van der Waals surface area contributed by atoms with Crippen molar-refractivity contribution in [3.05, 3.63) is 87.2 Å². The summed E-state index contributed by atoms with van der Waals surface area (Å²) in [6.07, 6.45) is 3.38.